The first-order valence-corrected chi connectivity index (χ1v) is 6.92. The van der Waals surface area contributed by atoms with Crippen LogP contribution in [0.1, 0.15) is 65.2 Å². The Labute approximate surface area is 95.0 Å². The van der Waals surface area contributed by atoms with Crippen LogP contribution in [-0.2, 0) is 0 Å². The molecule has 2 aliphatic rings. The molecule has 1 atom stereocenters. The van der Waals surface area contributed by atoms with E-state index in [0.717, 1.165) is 12.0 Å². The Balaban J connectivity index is 1.72. The molecule has 1 heteroatoms. The third-order valence-electron chi connectivity index (χ3n) is 4.63. The maximum Gasteiger partial charge on any atom is 0.0118 e. The monoisotopic (exact) mass is 209 g/mol. The molecule has 0 aliphatic heterocycles. The van der Waals surface area contributed by atoms with Crippen molar-refractivity contribution in [3.63, 3.8) is 0 Å². The predicted octanol–water partition coefficient (Wildman–Crippen LogP) is 3.74. The van der Waals surface area contributed by atoms with Gasteiger partial charge in [0.1, 0.15) is 0 Å². The lowest BCUT2D eigenvalue weighted by atomic mass is 9.85. The highest BCUT2D eigenvalue weighted by Gasteiger charge is 2.34. The maximum atomic E-state index is 3.84. The predicted molar refractivity (Wildman–Crippen MR) is 66.0 cm³/mol. The molecule has 0 heterocycles. The van der Waals surface area contributed by atoms with Crippen LogP contribution in [0.4, 0.5) is 0 Å². The highest BCUT2D eigenvalue weighted by atomic mass is 14.9. The van der Waals surface area contributed by atoms with Crippen LogP contribution in [0, 0.1) is 11.3 Å². The molecule has 0 aromatic carbocycles. The molecule has 1 N–H and O–H groups in total. The molecule has 2 fully saturated rings. The van der Waals surface area contributed by atoms with Crippen molar-refractivity contribution in [2.24, 2.45) is 11.3 Å². The summed E-state index contributed by atoms with van der Waals surface area (Å²) in [6.07, 6.45) is 11.6. The molecule has 88 valence electrons. The number of hydrogen-bond acceptors (Lipinski definition) is 1. The number of nitrogens with one attached hydrogen (secondary N) is 1. The van der Waals surface area contributed by atoms with Crippen molar-refractivity contribution in [2.75, 3.05) is 6.54 Å². The van der Waals surface area contributed by atoms with E-state index in [4.69, 9.17) is 0 Å². The van der Waals surface area contributed by atoms with Crippen molar-refractivity contribution in [1.29, 1.82) is 0 Å². The summed E-state index contributed by atoms with van der Waals surface area (Å²) in [6.45, 7) is 6.14. The molecule has 2 aliphatic carbocycles. The van der Waals surface area contributed by atoms with Gasteiger partial charge in [0.2, 0.25) is 0 Å². The first kappa shape index (κ1) is 11.4. The van der Waals surface area contributed by atoms with Crippen molar-refractivity contribution in [1.82, 2.24) is 5.32 Å². The van der Waals surface area contributed by atoms with Gasteiger partial charge in [0.05, 0.1) is 0 Å². The van der Waals surface area contributed by atoms with Crippen LogP contribution >= 0.6 is 0 Å². The van der Waals surface area contributed by atoms with E-state index < -0.39 is 0 Å². The topological polar surface area (TPSA) is 12.0 Å². The van der Waals surface area contributed by atoms with Crippen LogP contribution in [0.15, 0.2) is 0 Å². The van der Waals surface area contributed by atoms with E-state index >= 15 is 0 Å². The zero-order valence-electron chi connectivity index (χ0n) is 10.5. The van der Waals surface area contributed by atoms with Gasteiger partial charge in [-0.2, -0.15) is 0 Å². The SMILES string of the molecule is CC1(C)CCCC1NCC1CCCCC1. The summed E-state index contributed by atoms with van der Waals surface area (Å²) in [5, 5.41) is 3.84. The second-order valence-corrected chi connectivity index (χ2v) is 6.35. The van der Waals surface area contributed by atoms with Crippen LogP contribution in [-0.4, -0.2) is 12.6 Å². The summed E-state index contributed by atoms with van der Waals surface area (Å²) >= 11 is 0. The molecule has 0 aromatic heterocycles. The number of hydrogen-bond donors (Lipinski definition) is 1. The molecule has 0 saturated heterocycles. The van der Waals surface area contributed by atoms with Gasteiger partial charge < -0.3 is 5.32 Å². The van der Waals surface area contributed by atoms with E-state index in [9.17, 15) is 0 Å². The molecule has 0 amide bonds. The molecule has 15 heavy (non-hydrogen) atoms. The zero-order chi connectivity index (χ0) is 10.7. The van der Waals surface area contributed by atoms with E-state index in [1.165, 1.54) is 57.9 Å². The van der Waals surface area contributed by atoms with E-state index in [1.54, 1.807) is 0 Å². The van der Waals surface area contributed by atoms with Gasteiger partial charge in [0, 0.05) is 6.04 Å². The molecular weight excluding hydrogens is 182 g/mol. The second kappa shape index (κ2) is 4.86. The minimum absolute atomic E-state index is 0.550. The lowest BCUT2D eigenvalue weighted by Gasteiger charge is -2.31. The van der Waals surface area contributed by atoms with Crippen molar-refractivity contribution in [3.8, 4) is 0 Å². The summed E-state index contributed by atoms with van der Waals surface area (Å²) in [4.78, 5) is 0. The summed E-state index contributed by atoms with van der Waals surface area (Å²) in [6, 6.07) is 0.791. The third kappa shape index (κ3) is 2.96. The summed E-state index contributed by atoms with van der Waals surface area (Å²) in [5.74, 6) is 0.982. The smallest absolute Gasteiger partial charge is 0.0118 e. The molecule has 2 saturated carbocycles. The highest BCUT2D eigenvalue weighted by Crippen LogP contribution is 2.37. The normalized spacial score (nSPS) is 32.0. The fraction of sp³-hybridized carbons (Fsp3) is 1.00. The summed E-state index contributed by atoms with van der Waals surface area (Å²) < 4.78 is 0. The Morgan fingerprint density at radius 1 is 1.00 bits per heavy atom. The van der Waals surface area contributed by atoms with Gasteiger partial charge in [-0.05, 0) is 43.6 Å². The van der Waals surface area contributed by atoms with Gasteiger partial charge in [-0.25, -0.2) is 0 Å². The van der Waals surface area contributed by atoms with Crippen LogP contribution in [0.3, 0.4) is 0 Å². The Hall–Kier alpha value is -0.0400. The minimum Gasteiger partial charge on any atom is -0.313 e. The number of rotatable bonds is 3. The van der Waals surface area contributed by atoms with Crippen LogP contribution in [0.2, 0.25) is 0 Å². The Morgan fingerprint density at radius 2 is 1.73 bits per heavy atom. The fourth-order valence-corrected chi connectivity index (χ4v) is 3.41. The van der Waals surface area contributed by atoms with Crippen LogP contribution in [0.5, 0.6) is 0 Å². The first-order chi connectivity index (χ1) is 7.18. The quantitative estimate of drug-likeness (QED) is 0.746. The molecular formula is C14H27N. The van der Waals surface area contributed by atoms with Gasteiger partial charge >= 0.3 is 0 Å². The molecule has 0 spiro atoms. The summed E-state index contributed by atoms with van der Waals surface area (Å²) in [5.41, 5.74) is 0.550. The standard InChI is InChI=1S/C14H27N/c1-14(2)10-6-9-13(14)15-11-12-7-4-3-5-8-12/h12-13,15H,3-11H2,1-2H3. The van der Waals surface area contributed by atoms with E-state index in [2.05, 4.69) is 19.2 Å². The zero-order valence-corrected chi connectivity index (χ0v) is 10.5. The van der Waals surface area contributed by atoms with E-state index in [1.807, 2.05) is 0 Å². The minimum atomic E-state index is 0.550. The van der Waals surface area contributed by atoms with Crippen molar-refractivity contribution >= 4 is 0 Å². The molecule has 1 nitrogen and oxygen atoms in total. The largest absolute Gasteiger partial charge is 0.313 e. The lowest BCUT2D eigenvalue weighted by molar-refractivity contribution is 0.253. The van der Waals surface area contributed by atoms with Gasteiger partial charge in [-0.1, -0.05) is 39.5 Å². The molecule has 2 rings (SSSR count). The first-order valence-electron chi connectivity index (χ1n) is 6.92. The Kier molecular flexibility index (Phi) is 3.71. The van der Waals surface area contributed by atoms with Gasteiger partial charge in [-0.15, -0.1) is 0 Å². The van der Waals surface area contributed by atoms with Crippen molar-refractivity contribution < 1.29 is 0 Å². The maximum absolute atomic E-state index is 3.84. The fourth-order valence-electron chi connectivity index (χ4n) is 3.41. The molecule has 1 unspecified atom stereocenters. The Bertz CT molecular complexity index is 192. The average Bonchev–Trinajstić information content (AvgIpc) is 2.56. The highest BCUT2D eigenvalue weighted by molar-refractivity contribution is 4.90. The summed E-state index contributed by atoms with van der Waals surface area (Å²) in [7, 11) is 0. The van der Waals surface area contributed by atoms with Gasteiger partial charge in [0.15, 0.2) is 0 Å². The van der Waals surface area contributed by atoms with Gasteiger partial charge in [-0.3, -0.25) is 0 Å². The van der Waals surface area contributed by atoms with Crippen LogP contribution < -0.4 is 5.32 Å². The molecule has 0 aromatic rings. The van der Waals surface area contributed by atoms with Crippen molar-refractivity contribution in [3.05, 3.63) is 0 Å². The Morgan fingerprint density at radius 3 is 2.33 bits per heavy atom. The third-order valence-corrected chi connectivity index (χ3v) is 4.63. The van der Waals surface area contributed by atoms with Crippen LogP contribution in [0.25, 0.3) is 0 Å². The molecule has 0 radical (unpaired) electrons. The van der Waals surface area contributed by atoms with Crippen molar-refractivity contribution in [2.45, 2.75) is 71.3 Å². The van der Waals surface area contributed by atoms with Gasteiger partial charge in [0.25, 0.3) is 0 Å². The second-order valence-electron chi connectivity index (χ2n) is 6.35. The van der Waals surface area contributed by atoms with E-state index in [-0.39, 0.29) is 0 Å². The molecule has 0 bridgehead atoms. The average molecular weight is 209 g/mol. The lowest BCUT2D eigenvalue weighted by Crippen LogP contribution is -2.40. The van der Waals surface area contributed by atoms with E-state index in [0.29, 0.717) is 5.41 Å².